The summed E-state index contributed by atoms with van der Waals surface area (Å²) in [6.07, 6.45) is 2.07. The van der Waals surface area contributed by atoms with E-state index < -0.39 is 4.92 Å². The lowest BCUT2D eigenvalue weighted by atomic mass is 10.1. The number of rotatable bonds is 7. The summed E-state index contributed by atoms with van der Waals surface area (Å²) in [5.74, 6) is 0.519. The van der Waals surface area contributed by atoms with Gasteiger partial charge in [0.25, 0.3) is 5.69 Å². The number of hydrogen-bond donors (Lipinski definition) is 2. The van der Waals surface area contributed by atoms with E-state index in [4.69, 9.17) is 9.47 Å². The van der Waals surface area contributed by atoms with E-state index in [2.05, 4.69) is 10.6 Å². The van der Waals surface area contributed by atoms with Gasteiger partial charge in [0.2, 0.25) is 0 Å². The highest BCUT2D eigenvalue weighted by atomic mass is 16.6. The predicted molar refractivity (Wildman–Crippen MR) is 83.6 cm³/mol. The average Bonchev–Trinajstić information content (AvgIpc) is 3.06. The maximum absolute atomic E-state index is 11.7. The number of benzene rings is 1. The van der Waals surface area contributed by atoms with E-state index in [-0.39, 0.29) is 30.5 Å². The standard InChI is InChI=1S/C15H21N3O5/c1-11(14-3-2-9-23-14)17-15(19)16-8-10-22-13-6-4-12(5-7-13)18(20)21/h4-7,11,14H,2-3,8-10H2,1H3,(H2,16,17,19)/t11-,14+/m0/s1. The molecule has 1 aromatic rings. The summed E-state index contributed by atoms with van der Waals surface area (Å²) in [5.41, 5.74) is 0.0120. The normalized spacial score (nSPS) is 18.2. The van der Waals surface area contributed by atoms with Crippen molar-refractivity contribution in [3.05, 3.63) is 34.4 Å². The Hall–Kier alpha value is -2.35. The molecule has 126 valence electrons. The maximum atomic E-state index is 11.7. The van der Waals surface area contributed by atoms with Gasteiger partial charge in [-0.2, -0.15) is 0 Å². The number of nitro groups is 1. The first-order valence-corrected chi connectivity index (χ1v) is 7.59. The van der Waals surface area contributed by atoms with Gasteiger partial charge in [-0.15, -0.1) is 0 Å². The minimum Gasteiger partial charge on any atom is -0.492 e. The van der Waals surface area contributed by atoms with Crippen LogP contribution in [0.4, 0.5) is 10.5 Å². The van der Waals surface area contributed by atoms with Crippen molar-refractivity contribution in [2.45, 2.75) is 31.9 Å². The van der Waals surface area contributed by atoms with Gasteiger partial charge in [-0.05, 0) is 31.9 Å². The molecule has 1 saturated heterocycles. The minimum atomic E-state index is -0.467. The fourth-order valence-corrected chi connectivity index (χ4v) is 2.35. The number of hydrogen-bond acceptors (Lipinski definition) is 5. The van der Waals surface area contributed by atoms with E-state index >= 15 is 0 Å². The van der Waals surface area contributed by atoms with E-state index in [1.165, 1.54) is 24.3 Å². The number of carbonyl (C=O) groups excluding carboxylic acids is 1. The molecule has 1 fully saturated rings. The Kier molecular flexibility index (Phi) is 6.16. The molecule has 8 heteroatoms. The quantitative estimate of drug-likeness (QED) is 0.453. The molecule has 0 unspecified atom stereocenters. The largest absolute Gasteiger partial charge is 0.492 e. The Morgan fingerprint density at radius 3 is 2.83 bits per heavy atom. The summed E-state index contributed by atoms with van der Waals surface area (Å²) in [6.45, 7) is 3.28. The van der Waals surface area contributed by atoms with Gasteiger partial charge >= 0.3 is 6.03 Å². The summed E-state index contributed by atoms with van der Waals surface area (Å²) in [7, 11) is 0. The third-order valence-corrected chi connectivity index (χ3v) is 3.59. The molecule has 0 aromatic heterocycles. The number of urea groups is 1. The van der Waals surface area contributed by atoms with Crippen LogP contribution in [-0.2, 0) is 4.74 Å². The molecule has 2 amide bonds. The van der Waals surface area contributed by atoms with Gasteiger partial charge < -0.3 is 20.1 Å². The zero-order valence-corrected chi connectivity index (χ0v) is 13.0. The average molecular weight is 323 g/mol. The summed E-state index contributed by atoms with van der Waals surface area (Å²) in [5, 5.41) is 16.1. The van der Waals surface area contributed by atoms with E-state index in [1.807, 2.05) is 6.92 Å². The number of non-ortho nitro benzene ring substituents is 1. The molecule has 2 atom stereocenters. The van der Waals surface area contributed by atoms with E-state index in [9.17, 15) is 14.9 Å². The van der Waals surface area contributed by atoms with Crippen molar-refractivity contribution in [1.29, 1.82) is 0 Å². The molecular formula is C15H21N3O5. The van der Waals surface area contributed by atoms with Gasteiger partial charge in [-0.1, -0.05) is 0 Å². The first-order valence-electron chi connectivity index (χ1n) is 7.59. The zero-order valence-electron chi connectivity index (χ0n) is 13.0. The lowest BCUT2D eigenvalue weighted by molar-refractivity contribution is -0.384. The van der Waals surface area contributed by atoms with E-state index in [0.717, 1.165) is 19.4 Å². The molecule has 1 aliphatic heterocycles. The van der Waals surface area contributed by atoms with Crippen LogP contribution in [0.2, 0.25) is 0 Å². The molecule has 1 aromatic carbocycles. The lowest BCUT2D eigenvalue weighted by Crippen LogP contribution is -2.46. The monoisotopic (exact) mass is 323 g/mol. The third kappa shape index (κ3) is 5.41. The molecule has 1 heterocycles. The van der Waals surface area contributed by atoms with Crippen molar-refractivity contribution in [3.8, 4) is 5.75 Å². The van der Waals surface area contributed by atoms with E-state index in [1.54, 1.807) is 0 Å². The number of nitro benzene ring substituents is 1. The summed E-state index contributed by atoms with van der Waals surface area (Å²) in [6, 6.07) is 5.50. The third-order valence-electron chi connectivity index (χ3n) is 3.59. The van der Waals surface area contributed by atoms with Crippen LogP contribution in [0.25, 0.3) is 0 Å². The van der Waals surface area contributed by atoms with Crippen LogP contribution in [0, 0.1) is 10.1 Å². The van der Waals surface area contributed by atoms with Crippen molar-refractivity contribution >= 4 is 11.7 Å². The van der Waals surface area contributed by atoms with Crippen LogP contribution in [0.15, 0.2) is 24.3 Å². The molecular weight excluding hydrogens is 302 g/mol. The predicted octanol–water partition coefficient (Wildman–Crippen LogP) is 1.84. The van der Waals surface area contributed by atoms with Crippen LogP contribution >= 0.6 is 0 Å². The second-order valence-corrected chi connectivity index (χ2v) is 5.34. The first kappa shape index (κ1) is 17.0. The van der Waals surface area contributed by atoms with Gasteiger partial charge in [-0.25, -0.2) is 4.79 Å². The molecule has 2 rings (SSSR count). The van der Waals surface area contributed by atoms with Gasteiger partial charge in [0.1, 0.15) is 12.4 Å². The number of nitrogens with one attached hydrogen (secondary N) is 2. The highest BCUT2D eigenvalue weighted by Gasteiger charge is 2.23. The molecule has 0 radical (unpaired) electrons. The highest BCUT2D eigenvalue weighted by molar-refractivity contribution is 5.74. The minimum absolute atomic E-state index is 0.0120. The van der Waals surface area contributed by atoms with Crippen LogP contribution in [0.5, 0.6) is 5.75 Å². The smallest absolute Gasteiger partial charge is 0.315 e. The first-order chi connectivity index (χ1) is 11.1. The van der Waals surface area contributed by atoms with Crippen molar-refractivity contribution in [2.75, 3.05) is 19.8 Å². The Labute approximate surface area is 134 Å². The fourth-order valence-electron chi connectivity index (χ4n) is 2.35. The Bertz CT molecular complexity index is 528. The summed E-state index contributed by atoms with van der Waals surface area (Å²) in [4.78, 5) is 21.8. The lowest BCUT2D eigenvalue weighted by Gasteiger charge is -2.20. The van der Waals surface area contributed by atoms with Gasteiger partial charge in [0.05, 0.1) is 23.6 Å². The van der Waals surface area contributed by atoms with Crippen LogP contribution in [0.3, 0.4) is 0 Å². The van der Waals surface area contributed by atoms with Crippen molar-refractivity contribution in [1.82, 2.24) is 10.6 Å². The van der Waals surface area contributed by atoms with Gasteiger partial charge in [0, 0.05) is 18.7 Å². The number of carbonyl (C=O) groups is 1. The van der Waals surface area contributed by atoms with Crippen LogP contribution in [0.1, 0.15) is 19.8 Å². The van der Waals surface area contributed by atoms with Crippen LogP contribution < -0.4 is 15.4 Å². The Balaban J connectivity index is 1.62. The maximum Gasteiger partial charge on any atom is 0.315 e. The summed E-state index contributed by atoms with van der Waals surface area (Å²) < 4.78 is 10.9. The molecule has 0 saturated carbocycles. The molecule has 0 bridgehead atoms. The fraction of sp³-hybridized carbons (Fsp3) is 0.533. The molecule has 2 N–H and O–H groups in total. The topological polar surface area (TPSA) is 103 Å². The van der Waals surface area contributed by atoms with Crippen LogP contribution in [-0.4, -0.2) is 42.9 Å². The van der Waals surface area contributed by atoms with Crippen molar-refractivity contribution < 1.29 is 19.2 Å². The molecule has 0 aliphatic carbocycles. The number of amides is 2. The molecule has 0 spiro atoms. The molecule has 23 heavy (non-hydrogen) atoms. The summed E-state index contributed by atoms with van der Waals surface area (Å²) >= 11 is 0. The Morgan fingerprint density at radius 1 is 1.48 bits per heavy atom. The molecule has 8 nitrogen and oxygen atoms in total. The SMILES string of the molecule is C[C@H](NC(=O)NCCOc1ccc([N+](=O)[O-])cc1)[C@H]1CCCO1. The van der Waals surface area contributed by atoms with Crippen molar-refractivity contribution in [2.24, 2.45) is 0 Å². The number of nitrogens with zero attached hydrogens (tertiary/aromatic N) is 1. The van der Waals surface area contributed by atoms with E-state index in [0.29, 0.717) is 12.3 Å². The highest BCUT2D eigenvalue weighted by Crippen LogP contribution is 2.17. The Morgan fingerprint density at radius 2 is 2.22 bits per heavy atom. The second-order valence-electron chi connectivity index (χ2n) is 5.34. The zero-order chi connectivity index (χ0) is 16.7. The van der Waals surface area contributed by atoms with Gasteiger partial charge in [0.15, 0.2) is 0 Å². The van der Waals surface area contributed by atoms with Crippen molar-refractivity contribution in [3.63, 3.8) is 0 Å². The van der Waals surface area contributed by atoms with Gasteiger partial charge in [-0.3, -0.25) is 10.1 Å². The number of ether oxygens (including phenoxy) is 2. The second kappa shape index (κ2) is 8.33. The molecule has 1 aliphatic rings.